The summed E-state index contributed by atoms with van der Waals surface area (Å²) in [5, 5.41) is 13.2. The van der Waals surface area contributed by atoms with Crippen molar-refractivity contribution in [2.45, 2.75) is 19.0 Å². The zero-order chi connectivity index (χ0) is 17.6. The Labute approximate surface area is 137 Å². The fourth-order valence-corrected chi connectivity index (χ4v) is 2.13. The van der Waals surface area contributed by atoms with Gasteiger partial charge in [0.1, 0.15) is 11.5 Å². The second kappa shape index (κ2) is 8.03. The molecule has 2 aromatic rings. The van der Waals surface area contributed by atoms with Crippen LogP contribution in [0.3, 0.4) is 0 Å². The highest BCUT2D eigenvalue weighted by Crippen LogP contribution is 2.23. The van der Waals surface area contributed by atoms with Crippen molar-refractivity contribution in [3.05, 3.63) is 59.7 Å². The number of nitrogens with one attached hydrogen (secondary N) is 1. The highest BCUT2D eigenvalue weighted by Gasteiger charge is 2.30. The molecule has 0 bridgehead atoms. The SMILES string of the molecule is COc1cccc(C(O)CNCc2ccc(OC(F)(F)F)cc2)c1. The number of hydrogen-bond acceptors (Lipinski definition) is 4. The summed E-state index contributed by atoms with van der Waals surface area (Å²) in [4.78, 5) is 0. The molecule has 0 saturated carbocycles. The van der Waals surface area contributed by atoms with Gasteiger partial charge in [-0.1, -0.05) is 24.3 Å². The van der Waals surface area contributed by atoms with Crippen LogP contribution in [0, 0.1) is 0 Å². The highest BCUT2D eigenvalue weighted by atomic mass is 19.4. The molecule has 2 aromatic carbocycles. The average molecular weight is 341 g/mol. The third kappa shape index (κ3) is 5.75. The van der Waals surface area contributed by atoms with E-state index in [2.05, 4.69) is 10.1 Å². The Morgan fingerprint density at radius 3 is 2.42 bits per heavy atom. The molecule has 4 nitrogen and oxygen atoms in total. The maximum Gasteiger partial charge on any atom is 0.573 e. The van der Waals surface area contributed by atoms with Crippen LogP contribution in [0.25, 0.3) is 0 Å². The average Bonchev–Trinajstić information content (AvgIpc) is 2.55. The van der Waals surface area contributed by atoms with E-state index in [0.29, 0.717) is 18.8 Å². The Hall–Kier alpha value is -2.25. The molecule has 1 unspecified atom stereocenters. The molecule has 2 N–H and O–H groups in total. The van der Waals surface area contributed by atoms with Gasteiger partial charge in [-0.05, 0) is 35.4 Å². The molecule has 0 amide bonds. The van der Waals surface area contributed by atoms with Gasteiger partial charge < -0.3 is 19.9 Å². The molecule has 0 heterocycles. The molecule has 24 heavy (non-hydrogen) atoms. The Kier molecular flexibility index (Phi) is 6.05. The molecule has 0 aliphatic heterocycles. The van der Waals surface area contributed by atoms with Gasteiger partial charge in [0.05, 0.1) is 13.2 Å². The van der Waals surface area contributed by atoms with Crippen LogP contribution >= 0.6 is 0 Å². The minimum atomic E-state index is -4.69. The molecular weight excluding hydrogens is 323 g/mol. The van der Waals surface area contributed by atoms with Crippen LogP contribution in [0.5, 0.6) is 11.5 Å². The quantitative estimate of drug-likeness (QED) is 0.810. The number of methoxy groups -OCH3 is 1. The fraction of sp³-hybridized carbons (Fsp3) is 0.294. The Bertz CT molecular complexity index is 644. The van der Waals surface area contributed by atoms with Gasteiger partial charge in [0, 0.05) is 13.1 Å². The predicted molar refractivity (Wildman–Crippen MR) is 82.8 cm³/mol. The lowest BCUT2D eigenvalue weighted by atomic mass is 10.1. The summed E-state index contributed by atoms with van der Waals surface area (Å²) < 4.78 is 45.1. The zero-order valence-electron chi connectivity index (χ0n) is 13.0. The molecule has 7 heteroatoms. The lowest BCUT2D eigenvalue weighted by molar-refractivity contribution is -0.274. The van der Waals surface area contributed by atoms with Crippen LogP contribution in [-0.4, -0.2) is 25.1 Å². The zero-order valence-corrected chi connectivity index (χ0v) is 13.0. The number of halogens is 3. The van der Waals surface area contributed by atoms with Gasteiger partial charge in [0.25, 0.3) is 0 Å². The van der Waals surface area contributed by atoms with Gasteiger partial charge in [0.2, 0.25) is 0 Å². The molecule has 0 aliphatic carbocycles. The normalized spacial score (nSPS) is 12.7. The molecule has 130 valence electrons. The van der Waals surface area contributed by atoms with Crippen molar-refractivity contribution in [1.29, 1.82) is 0 Å². The second-order valence-corrected chi connectivity index (χ2v) is 5.12. The van der Waals surface area contributed by atoms with E-state index < -0.39 is 12.5 Å². The highest BCUT2D eigenvalue weighted by molar-refractivity contribution is 5.30. The Morgan fingerprint density at radius 2 is 1.79 bits per heavy atom. The molecular formula is C17H18F3NO3. The van der Waals surface area contributed by atoms with E-state index in [4.69, 9.17) is 4.74 Å². The first kappa shape index (κ1) is 18.1. The second-order valence-electron chi connectivity index (χ2n) is 5.12. The predicted octanol–water partition coefficient (Wildman–Crippen LogP) is 3.42. The summed E-state index contributed by atoms with van der Waals surface area (Å²) in [6.07, 6.45) is -5.41. The van der Waals surface area contributed by atoms with Gasteiger partial charge in [-0.3, -0.25) is 0 Å². The van der Waals surface area contributed by atoms with Crippen molar-refractivity contribution < 1.29 is 27.8 Å². The number of hydrogen-bond donors (Lipinski definition) is 2. The smallest absolute Gasteiger partial charge is 0.497 e. The van der Waals surface area contributed by atoms with E-state index in [-0.39, 0.29) is 5.75 Å². The first-order valence-corrected chi connectivity index (χ1v) is 7.25. The summed E-state index contributed by atoms with van der Waals surface area (Å²) in [7, 11) is 1.55. The van der Waals surface area contributed by atoms with Crippen molar-refractivity contribution in [1.82, 2.24) is 5.32 Å². The van der Waals surface area contributed by atoms with Crippen LogP contribution in [-0.2, 0) is 6.54 Å². The van der Waals surface area contributed by atoms with Gasteiger partial charge in [-0.25, -0.2) is 0 Å². The number of aliphatic hydroxyl groups excluding tert-OH is 1. The Morgan fingerprint density at radius 1 is 1.08 bits per heavy atom. The van der Waals surface area contributed by atoms with Gasteiger partial charge in [-0.2, -0.15) is 0 Å². The maximum absolute atomic E-state index is 12.1. The van der Waals surface area contributed by atoms with Crippen LogP contribution in [0.1, 0.15) is 17.2 Å². The first-order chi connectivity index (χ1) is 11.4. The minimum Gasteiger partial charge on any atom is -0.497 e. The summed E-state index contributed by atoms with van der Waals surface area (Å²) in [5.74, 6) is 0.398. The number of rotatable bonds is 7. The van der Waals surface area contributed by atoms with Crippen molar-refractivity contribution in [2.24, 2.45) is 0 Å². The van der Waals surface area contributed by atoms with E-state index in [1.807, 2.05) is 0 Å². The van der Waals surface area contributed by atoms with Crippen molar-refractivity contribution >= 4 is 0 Å². The summed E-state index contributed by atoms with van der Waals surface area (Å²) in [5.41, 5.74) is 1.50. The van der Waals surface area contributed by atoms with Crippen molar-refractivity contribution in [3.63, 3.8) is 0 Å². The third-order valence-electron chi connectivity index (χ3n) is 3.30. The van der Waals surface area contributed by atoms with E-state index >= 15 is 0 Å². The van der Waals surface area contributed by atoms with Crippen LogP contribution in [0.4, 0.5) is 13.2 Å². The van der Waals surface area contributed by atoms with Gasteiger partial charge in [0.15, 0.2) is 0 Å². The molecule has 0 fully saturated rings. The third-order valence-corrected chi connectivity index (χ3v) is 3.30. The fourth-order valence-electron chi connectivity index (χ4n) is 2.13. The molecule has 1 atom stereocenters. The van der Waals surface area contributed by atoms with Crippen LogP contribution in [0.2, 0.25) is 0 Å². The molecule has 0 saturated heterocycles. The maximum atomic E-state index is 12.1. The van der Waals surface area contributed by atoms with E-state index in [1.165, 1.54) is 24.3 Å². The lowest BCUT2D eigenvalue weighted by Crippen LogP contribution is -2.21. The molecule has 0 aromatic heterocycles. The van der Waals surface area contributed by atoms with E-state index in [0.717, 1.165) is 11.1 Å². The summed E-state index contributed by atoms with van der Waals surface area (Å²) >= 11 is 0. The van der Waals surface area contributed by atoms with E-state index in [1.54, 1.807) is 31.4 Å². The summed E-state index contributed by atoms with van der Waals surface area (Å²) in [6.45, 7) is 0.710. The molecule has 0 radical (unpaired) electrons. The Balaban J connectivity index is 1.83. The number of aliphatic hydroxyl groups is 1. The minimum absolute atomic E-state index is 0.261. The lowest BCUT2D eigenvalue weighted by Gasteiger charge is -2.13. The van der Waals surface area contributed by atoms with E-state index in [9.17, 15) is 18.3 Å². The number of ether oxygens (including phenoxy) is 2. The molecule has 0 spiro atoms. The monoisotopic (exact) mass is 341 g/mol. The van der Waals surface area contributed by atoms with Crippen LogP contribution in [0.15, 0.2) is 48.5 Å². The molecule has 0 aliphatic rings. The van der Waals surface area contributed by atoms with Crippen molar-refractivity contribution in [3.8, 4) is 11.5 Å². The topological polar surface area (TPSA) is 50.7 Å². The number of benzene rings is 2. The molecule has 2 rings (SSSR count). The van der Waals surface area contributed by atoms with Gasteiger partial charge >= 0.3 is 6.36 Å². The first-order valence-electron chi connectivity index (χ1n) is 7.25. The largest absolute Gasteiger partial charge is 0.573 e. The van der Waals surface area contributed by atoms with Gasteiger partial charge in [-0.15, -0.1) is 13.2 Å². The van der Waals surface area contributed by atoms with Crippen molar-refractivity contribution in [2.75, 3.05) is 13.7 Å². The summed E-state index contributed by atoms with van der Waals surface area (Å²) in [6, 6.07) is 12.7. The number of alkyl halides is 3. The van der Waals surface area contributed by atoms with Crippen LogP contribution < -0.4 is 14.8 Å². The standard InChI is InChI=1S/C17H18F3NO3/c1-23-15-4-2-3-13(9-15)16(22)11-21-10-12-5-7-14(8-6-12)24-17(18,19)20/h2-9,16,21-22H,10-11H2,1H3.